The lowest BCUT2D eigenvalue weighted by molar-refractivity contribution is -0.00754. The van der Waals surface area contributed by atoms with Crippen molar-refractivity contribution >= 4 is 11.6 Å². The number of pyridine rings is 1. The van der Waals surface area contributed by atoms with E-state index in [4.69, 9.17) is 5.73 Å². The van der Waals surface area contributed by atoms with E-state index in [1.165, 1.54) is 0 Å². The zero-order valence-electron chi connectivity index (χ0n) is 20.2. The van der Waals surface area contributed by atoms with E-state index in [1.807, 2.05) is 4.90 Å². The molecule has 0 radical (unpaired) electrons. The van der Waals surface area contributed by atoms with Crippen molar-refractivity contribution in [3.05, 3.63) is 63.3 Å². The minimum atomic E-state index is -3.96. The number of halogens is 7. The molecule has 2 heterocycles. The number of amides is 1. The summed E-state index contributed by atoms with van der Waals surface area (Å²) in [6, 6.07) is -1.35. The number of likely N-dealkylation sites (tertiary alicyclic amines) is 1. The molecule has 1 aliphatic heterocycles. The van der Waals surface area contributed by atoms with E-state index in [1.54, 1.807) is 7.05 Å². The number of alkyl halides is 6. The van der Waals surface area contributed by atoms with Gasteiger partial charge in [0.2, 0.25) is 0 Å². The molecule has 2 saturated carbocycles. The number of rotatable bonds is 9. The van der Waals surface area contributed by atoms with Crippen LogP contribution < -0.4 is 16.2 Å². The van der Waals surface area contributed by atoms with Crippen molar-refractivity contribution in [2.75, 3.05) is 25.0 Å². The van der Waals surface area contributed by atoms with E-state index in [9.17, 15) is 31.5 Å². The first-order chi connectivity index (χ1) is 17.8. The quantitative estimate of drug-likeness (QED) is 0.382. The van der Waals surface area contributed by atoms with Crippen molar-refractivity contribution in [2.24, 2.45) is 17.6 Å². The Balaban J connectivity index is 1.61. The molecule has 1 aromatic heterocycles. The SMILES string of the molecule is CN1CC2C(C1)C2N(c1cc(=O)n(C2(C(F)F)CC2)cc1C(N)=O)C(F)(F)Cc1cccc(C(F)F)c1F. The normalized spacial score (nSPS) is 24.1. The molecule has 13 heteroatoms. The predicted molar refractivity (Wildman–Crippen MR) is 123 cm³/mol. The highest BCUT2D eigenvalue weighted by molar-refractivity contribution is 5.98. The summed E-state index contributed by atoms with van der Waals surface area (Å²) in [5, 5.41) is 0. The molecule has 0 bridgehead atoms. The number of carbonyl (C=O) groups is 1. The highest BCUT2D eigenvalue weighted by Gasteiger charge is 2.63. The molecule has 2 atom stereocenters. The first-order valence-corrected chi connectivity index (χ1v) is 12.0. The summed E-state index contributed by atoms with van der Waals surface area (Å²) >= 11 is 0. The lowest BCUT2D eigenvalue weighted by Crippen LogP contribution is -2.49. The predicted octanol–water partition coefficient (Wildman–Crippen LogP) is 3.98. The van der Waals surface area contributed by atoms with Crippen LogP contribution in [-0.4, -0.2) is 54.0 Å². The van der Waals surface area contributed by atoms with Crippen LogP contribution in [0.2, 0.25) is 0 Å². The molecule has 5 rings (SSSR count). The van der Waals surface area contributed by atoms with Crippen molar-refractivity contribution in [1.29, 1.82) is 0 Å². The van der Waals surface area contributed by atoms with E-state index in [2.05, 4.69) is 0 Å². The molecule has 0 spiro atoms. The smallest absolute Gasteiger partial charge is 0.330 e. The molecule has 3 aliphatic rings. The van der Waals surface area contributed by atoms with Crippen molar-refractivity contribution in [1.82, 2.24) is 9.47 Å². The number of carbonyl (C=O) groups excluding carboxylic acids is 1. The van der Waals surface area contributed by atoms with Crippen LogP contribution in [0, 0.1) is 17.7 Å². The fourth-order valence-electron chi connectivity index (χ4n) is 5.82. The van der Waals surface area contributed by atoms with Gasteiger partial charge in [-0.3, -0.25) is 9.59 Å². The molecule has 6 nitrogen and oxygen atoms in total. The molecule has 3 fully saturated rings. The first-order valence-electron chi connectivity index (χ1n) is 12.0. The van der Waals surface area contributed by atoms with Gasteiger partial charge in [-0.1, -0.05) is 18.2 Å². The molecular formula is C25H25F7N4O2. The summed E-state index contributed by atoms with van der Waals surface area (Å²) in [4.78, 5) is 27.8. The van der Waals surface area contributed by atoms with Gasteiger partial charge in [0.1, 0.15) is 11.4 Å². The summed E-state index contributed by atoms with van der Waals surface area (Å²) in [6.45, 7) is 0.878. The van der Waals surface area contributed by atoms with Crippen molar-refractivity contribution in [3.63, 3.8) is 0 Å². The molecule has 2 aromatic rings. The molecule has 38 heavy (non-hydrogen) atoms. The second-order valence-corrected chi connectivity index (χ2v) is 10.4. The van der Waals surface area contributed by atoms with Crippen molar-refractivity contribution < 1.29 is 35.5 Å². The van der Waals surface area contributed by atoms with Gasteiger partial charge in [-0.05, 0) is 37.3 Å². The maximum absolute atomic E-state index is 16.1. The average molecular weight is 546 g/mol. The largest absolute Gasteiger partial charge is 0.365 e. The number of benzene rings is 1. The van der Waals surface area contributed by atoms with E-state index < -0.39 is 76.6 Å². The fourth-order valence-corrected chi connectivity index (χ4v) is 5.82. The van der Waals surface area contributed by atoms with E-state index in [-0.39, 0.29) is 24.7 Å². The van der Waals surface area contributed by atoms with Crippen LogP contribution in [0.15, 0.2) is 35.3 Å². The molecule has 2 aliphatic carbocycles. The van der Waals surface area contributed by atoms with Gasteiger partial charge >= 0.3 is 6.05 Å². The highest BCUT2D eigenvalue weighted by Crippen LogP contribution is 2.54. The summed E-state index contributed by atoms with van der Waals surface area (Å²) < 4.78 is 101. The number of primary amides is 1. The second kappa shape index (κ2) is 8.99. The Morgan fingerprint density at radius 3 is 2.34 bits per heavy atom. The third-order valence-corrected chi connectivity index (χ3v) is 7.93. The maximum Gasteiger partial charge on any atom is 0.330 e. The molecule has 1 aromatic carbocycles. The van der Waals surface area contributed by atoms with Gasteiger partial charge in [-0.2, -0.15) is 8.78 Å². The van der Waals surface area contributed by atoms with Crippen LogP contribution in [0.25, 0.3) is 0 Å². The van der Waals surface area contributed by atoms with Crippen LogP contribution in [0.4, 0.5) is 36.4 Å². The number of anilines is 1. The minimum Gasteiger partial charge on any atom is -0.365 e. The van der Waals surface area contributed by atoms with Gasteiger partial charge in [-0.25, -0.2) is 22.0 Å². The Kier molecular flexibility index (Phi) is 6.27. The van der Waals surface area contributed by atoms with Crippen molar-refractivity contribution in [2.45, 2.75) is 49.7 Å². The summed E-state index contributed by atoms with van der Waals surface area (Å²) in [5.41, 5.74) is -0.202. The second-order valence-electron chi connectivity index (χ2n) is 10.4. The zero-order valence-corrected chi connectivity index (χ0v) is 20.2. The molecule has 206 valence electrons. The topological polar surface area (TPSA) is 71.6 Å². The standard InChI is InChI=1S/C25H25F7N4O2/c1-34-9-14-15(10-34)20(14)36(25(31,32)8-12-3-2-4-13(19(12)26)21(27)28)17-7-18(37)35(11-16(17)22(33)38)24(5-6-24)23(29)30/h2-4,7,11,14-15,20-21,23H,5-6,8-10H2,1H3,(H2,33,38). The third kappa shape index (κ3) is 4.24. The molecule has 1 saturated heterocycles. The highest BCUT2D eigenvalue weighted by atomic mass is 19.3. The molecular weight excluding hydrogens is 521 g/mol. The fraction of sp³-hybridized carbons (Fsp3) is 0.520. The lowest BCUT2D eigenvalue weighted by atomic mass is 10.0. The number of aromatic nitrogens is 1. The van der Waals surface area contributed by atoms with Gasteiger partial charge < -0.3 is 20.1 Å². The number of nitrogens with zero attached hydrogens (tertiary/aromatic N) is 3. The Hall–Kier alpha value is -3.09. The number of hydrogen-bond donors (Lipinski definition) is 1. The van der Waals surface area contributed by atoms with Crippen LogP contribution in [0.3, 0.4) is 0 Å². The number of fused-ring (bicyclic) bond motifs is 1. The van der Waals surface area contributed by atoms with Crippen LogP contribution in [0.5, 0.6) is 0 Å². The Bertz CT molecular complexity index is 1320. The number of hydrogen-bond acceptors (Lipinski definition) is 4. The van der Waals surface area contributed by atoms with Gasteiger partial charge in [0, 0.05) is 31.4 Å². The minimum absolute atomic E-state index is 0.0408. The summed E-state index contributed by atoms with van der Waals surface area (Å²) in [5.74, 6) is -3.24. The van der Waals surface area contributed by atoms with E-state index >= 15 is 8.78 Å². The van der Waals surface area contributed by atoms with Gasteiger partial charge in [0.05, 0.1) is 23.2 Å². The Morgan fingerprint density at radius 2 is 1.82 bits per heavy atom. The number of piperidine rings is 1. The van der Waals surface area contributed by atoms with Crippen LogP contribution in [0.1, 0.15) is 40.8 Å². The third-order valence-electron chi connectivity index (χ3n) is 7.93. The van der Waals surface area contributed by atoms with Gasteiger partial charge in [-0.15, -0.1) is 0 Å². The monoisotopic (exact) mass is 546 g/mol. The summed E-state index contributed by atoms with van der Waals surface area (Å²) in [6.07, 6.45) is -6.79. The van der Waals surface area contributed by atoms with Gasteiger partial charge in [0.25, 0.3) is 24.3 Å². The van der Waals surface area contributed by atoms with E-state index in [0.717, 1.165) is 24.4 Å². The number of nitrogens with two attached hydrogens (primary N) is 1. The molecule has 2 unspecified atom stereocenters. The Labute approximate surface area is 212 Å². The Morgan fingerprint density at radius 1 is 1.18 bits per heavy atom. The molecule has 1 amide bonds. The van der Waals surface area contributed by atoms with Gasteiger partial charge in [0.15, 0.2) is 0 Å². The average Bonchev–Trinajstić information content (AvgIpc) is 3.71. The van der Waals surface area contributed by atoms with Crippen molar-refractivity contribution in [3.8, 4) is 0 Å². The van der Waals surface area contributed by atoms with Crippen LogP contribution >= 0.6 is 0 Å². The lowest BCUT2D eigenvalue weighted by Gasteiger charge is -2.37. The van der Waals surface area contributed by atoms with E-state index in [0.29, 0.717) is 28.6 Å². The zero-order chi connectivity index (χ0) is 27.7. The van der Waals surface area contributed by atoms with Crippen LogP contribution in [-0.2, 0) is 12.0 Å². The first kappa shape index (κ1) is 26.5. The molecule has 2 N–H and O–H groups in total. The summed E-state index contributed by atoms with van der Waals surface area (Å²) in [7, 11) is 1.80. The maximum atomic E-state index is 16.1.